The summed E-state index contributed by atoms with van der Waals surface area (Å²) in [6.07, 6.45) is -0.618. The van der Waals surface area contributed by atoms with Gasteiger partial charge in [-0.05, 0) is 26.7 Å². The number of rotatable bonds is 5. The summed E-state index contributed by atoms with van der Waals surface area (Å²) < 4.78 is 4.98. The number of carbonyl (C=O) groups is 1. The number of ether oxygens (including phenoxy) is 1. The fourth-order valence-corrected chi connectivity index (χ4v) is 0.963. The molecule has 0 heterocycles. The molecule has 0 aromatic carbocycles. The van der Waals surface area contributed by atoms with E-state index in [1.54, 1.807) is 20.8 Å². The minimum Gasteiger partial charge on any atom is -0.442 e. The van der Waals surface area contributed by atoms with Crippen LogP contribution < -0.4 is 5.48 Å². The van der Waals surface area contributed by atoms with Gasteiger partial charge >= 0.3 is 6.09 Å². The first-order valence-corrected chi connectivity index (χ1v) is 5.48. The van der Waals surface area contributed by atoms with Crippen molar-refractivity contribution in [1.82, 2.24) is 5.48 Å². The van der Waals surface area contributed by atoms with Gasteiger partial charge in [0.05, 0.1) is 6.61 Å². The Morgan fingerprint density at radius 2 is 1.94 bits per heavy atom. The Balaban J connectivity index is 3.77. The zero-order valence-electron chi connectivity index (χ0n) is 10.7. The molecule has 0 saturated carbocycles. The second-order valence-electron chi connectivity index (χ2n) is 5.10. The Kier molecular flexibility index (Phi) is 6.36. The topological polar surface area (TPSA) is 67.8 Å². The summed E-state index contributed by atoms with van der Waals surface area (Å²) in [7, 11) is 0. The molecule has 0 saturated heterocycles. The number of nitrogens with one attached hydrogen (secondary N) is 1. The third-order valence-corrected chi connectivity index (χ3v) is 2.03. The number of carbonyl (C=O) groups excluding carboxylic acids is 1. The highest BCUT2D eigenvalue weighted by Crippen LogP contribution is 2.10. The number of amides is 1. The lowest BCUT2D eigenvalue weighted by Gasteiger charge is -2.21. The molecular weight excluding hydrogens is 210 g/mol. The highest BCUT2D eigenvalue weighted by atomic mass is 16.7. The molecule has 0 aliphatic carbocycles. The Bertz CT molecular complexity index is 211. The van der Waals surface area contributed by atoms with E-state index in [-0.39, 0.29) is 19.1 Å². The van der Waals surface area contributed by atoms with Gasteiger partial charge in [0.15, 0.2) is 0 Å². The lowest BCUT2D eigenvalue weighted by atomic mass is 9.98. The molecule has 1 atom stereocenters. The molecule has 96 valence electrons. The van der Waals surface area contributed by atoms with Gasteiger partial charge in [-0.3, -0.25) is 4.84 Å². The van der Waals surface area contributed by atoms with E-state index in [1.807, 2.05) is 13.8 Å². The molecule has 5 heteroatoms. The first-order chi connectivity index (χ1) is 7.26. The fourth-order valence-electron chi connectivity index (χ4n) is 0.963. The molecule has 1 unspecified atom stereocenters. The molecule has 0 aliphatic rings. The summed E-state index contributed by atoms with van der Waals surface area (Å²) in [6, 6.07) is 0. The molecule has 0 bridgehead atoms. The van der Waals surface area contributed by atoms with E-state index in [4.69, 9.17) is 14.7 Å². The average molecular weight is 233 g/mol. The van der Waals surface area contributed by atoms with Gasteiger partial charge in [-0.1, -0.05) is 13.8 Å². The predicted octanol–water partition coefficient (Wildman–Crippen LogP) is 1.71. The van der Waals surface area contributed by atoms with Gasteiger partial charge in [-0.2, -0.15) is 5.48 Å². The van der Waals surface area contributed by atoms with Crippen LogP contribution in [-0.4, -0.2) is 30.0 Å². The predicted molar refractivity (Wildman–Crippen MR) is 60.7 cm³/mol. The van der Waals surface area contributed by atoms with Crippen LogP contribution in [0.3, 0.4) is 0 Å². The summed E-state index contributed by atoms with van der Waals surface area (Å²) in [5.41, 5.74) is 1.65. The second-order valence-corrected chi connectivity index (χ2v) is 5.10. The van der Waals surface area contributed by atoms with Crippen molar-refractivity contribution in [3.8, 4) is 0 Å². The minimum absolute atomic E-state index is 0.00920. The lowest BCUT2D eigenvalue weighted by molar-refractivity contribution is -0.0295. The van der Waals surface area contributed by atoms with Gasteiger partial charge in [0.25, 0.3) is 0 Å². The van der Waals surface area contributed by atoms with Gasteiger partial charge in [-0.25, -0.2) is 4.79 Å². The average Bonchev–Trinajstić information content (AvgIpc) is 2.08. The summed E-state index contributed by atoms with van der Waals surface area (Å²) in [5.74, 6) is 0.306. The van der Waals surface area contributed by atoms with Crippen molar-refractivity contribution in [3.63, 3.8) is 0 Å². The highest BCUT2D eigenvalue weighted by molar-refractivity contribution is 5.66. The van der Waals surface area contributed by atoms with E-state index >= 15 is 0 Å². The number of aliphatic hydroxyl groups excluding tert-OH is 1. The van der Waals surface area contributed by atoms with E-state index < -0.39 is 11.7 Å². The number of aliphatic hydroxyl groups is 1. The van der Waals surface area contributed by atoms with E-state index in [1.165, 1.54) is 0 Å². The summed E-state index contributed by atoms with van der Waals surface area (Å²) in [4.78, 5) is 16.1. The highest BCUT2D eigenvalue weighted by Gasteiger charge is 2.17. The zero-order chi connectivity index (χ0) is 12.8. The molecule has 16 heavy (non-hydrogen) atoms. The van der Waals surface area contributed by atoms with Crippen molar-refractivity contribution in [1.29, 1.82) is 0 Å². The molecule has 0 fully saturated rings. The summed E-state index contributed by atoms with van der Waals surface area (Å²) in [6.45, 7) is 9.60. The molecule has 0 spiro atoms. The van der Waals surface area contributed by atoms with Crippen LogP contribution in [0, 0.1) is 11.8 Å². The Labute approximate surface area is 97.1 Å². The van der Waals surface area contributed by atoms with E-state index in [0.717, 1.165) is 0 Å². The Hall–Kier alpha value is -0.810. The first kappa shape index (κ1) is 15.2. The maximum atomic E-state index is 11.2. The van der Waals surface area contributed by atoms with Crippen LogP contribution in [0.4, 0.5) is 4.79 Å². The van der Waals surface area contributed by atoms with Crippen molar-refractivity contribution in [3.05, 3.63) is 0 Å². The van der Waals surface area contributed by atoms with Crippen LogP contribution in [0.2, 0.25) is 0 Å². The van der Waals surface area contributed by atoms with Crippen LogP contribution >= 0.6 is 0 Å². The number of hydroxylamine groups is 1. The van der Waals surface area contributed by atoms with E-state index in [9.17, 15) is 4.79 Å². The van der Waals surface area contributed by atoms with Crippen molar-refractivity contribution >= 4 is 6.09 Å². The standard InChI is InChI=1S/C11H23NO4/c1-8(2)9(6-13)7-15-12-10(14)16-11(3,4)5/h8-9,13H,6-7H2,1-5H3,(H,12,14). The Morgan fingerprint density at radius 3 is 2.31 bits per heavy atom. The monoisotopic (exact) mass is 233 g/mol. The maximum absolute atomic E-state index is 11.2. The first-order valence-electron chi connectivity index (χ1n) is 5.48. The SMILES string of the molecule is CC(C)C(CO)CONC(=O)OC(C)(C)C. The maximum Gasteiger partial charge on any atom is 0.431 e. The summed E-state index contributed by atoms with van der Waals surface area (Å²) >= 11 is 0. The molecule has 5 nitrogen and oxygen atoms in total. The zero-order valence-corrected chi connectivity index (χ0v) is 10.7. The van der Waals surface area contributed by atoms with E-state index in [0.29, 0.717) is 5.92 Å². The van der Waals surface area contributed by atoms with Crippen molar-refractivity contribution in [2.24, 2.45) is 11.8 Å². The molecule has 0 radical (unpaired) electrons. The quantitative estimate of drug-likeness (QED) is 0.709. The van der Waals surface area contributed by atoms with Gasteiger partial charge in [0.1, 0.15) is 5.60 Å². The van der Waals surface area contributed by atoms with Gasteiger partial charge in [0.2, 0.25) is 0 Å². The molecule has 0 rings (SSSR count). The minimum atomic E-state index is -0.618. The third kappa shape index (κ3) is 7.48. The molecule has 2 N–H and O–H groups in total. The lowest BCUT2D eigenvalue weighted by Crippen LogP contribution is -2.34. The largest absolute Gasteiger partial charge is 0.442 e. The van der Waals surface area contributed by atoms with Crippen LogP contribution in [0.25, 0.3) is 0 Å². The molecule has 1 amide bonds. The van der Waals surface area contributed by atoms with E-state index in [2.05, 4.69) is 5.48 Å². The van der Waals surface area contributed by atoms with Crippen molar-refractivity contribution in [2.75, 3.05) is 13.2 Å². The third-order valence-electron chi connectivity index (χ3n) is 2.03. The Morgan fingerprint density at radius 1 is 1.38 bits per heavy atom. The normalized spacial score (nSPS) is 13.7. The van der Waals surface area contributed by atoms with Crippen molar-refractivity contribution < 1.29 is 19.5 Å². The van der Waals surface area contributed by atoms with Gasteiger partial charge in [-0.15, -0.1) is 0 Å². The number of hydrogen-bond acceptors (Lipinski definition) is 4. The molecule has 0 aromatic rings. The van der Waals surface area contributed by atoms with Crippen LogP contribution in [0.1, 0.15) is 34.6 Å². The second kappa shape index (κ2) is 6.70. The van der Waals surface area contributed by atoms with Gasteiger partial charge < -0.3 is 9.84 Å². The number of hydrogen-bond donors (Lipinski definition) is 2. The molecule has 0 aliphatic heterocycles. The van der Waals surface area contributed by atoms with Crippen LogP contribution in [-0.2, 0) is 9.57 Å². The summed E-state index contributed by atoms with van der Waals surface area (Å²) in [5, 5.41) is 9.02. The van der Waals surface area contributed by atoms with Crippen LogP contribution in [0.5, 0.6) is 0 Å². The smallest absolute Gasteiger partial charge is 0.431 e. The molecular formula is C11H23NO4. The fraction of sp³-hybridized carbons (Fsp3) is 0.909. The van der Waals surface area contributed by atoms with Crippen molar-refractivity contribution in [2.45, 2.75) is 40.2 Å². The molecule has 0 aromatic heterocycles. The van der Waals surface area contributed by atoms with Crippen LogP contribution in [0.15, 0.2) is 0 Å². The van der Waals surface area contributed by atoms with Gasteiger partial charge in [0, 0.05) is 12.5 Å².